The highest BCUT2D eigenvalue weighted by molar-refractivity contribution is 6.48. The number of anilines is 2. The van der Waals surface area contributed by atoms with Gasteiger partial charge in [-0.15, -0.1) is 0 Å². The summed E-state index contributed by atoms with van der Waals surface area (Å²) in [6.45, 7) is 3.89. The Balaban J connectivity index is 1.91. The summed E-state index contributed by atoms with van der Waals surface area (Å²) in [4.78, 5) is 28.4. The number of methoxy groups -OCH3 is 2. The van der Waals surface area contributed by atoms with Crippen LogP contribution in [-0.4, -0.2) is 26.0 Å². The van der Waals surface area contributed by atoms with Crippen molar-refractivity contribution < 1.29 is 19.1 Å². The number of benzene rings is 3. The van der Waals surface area contributed by atoms with Gasteiger partial charge in [-0.2, -0.15) is 0 Å². The third kappa shape index (κ3) is 4.05. The molecule has 0 saturated heterocycles. The summed E-state index contributed by atoms with van der Waals surface area (Å²) >= 11 is 6.35. The first-order chi connectivity index (χ1) is 15.8. The summed E-state index contributed by atoms with van der Waals surface area (Å²) in [5, 5.41) is 3.45. The van der Waals surface area contributed by atoms with Crippen molar-refractivity contribution in [3.05, 3.63) is 88.1 Å². The van der Waals surface area contributed by atoms with E-state index in [1.807, 2.05) is 32.0 Å². The molecular weight excluding hydrogens is 440 g/mol. The molecule has 0 fully saturated rings. The third-order valence-corrected chi connectivity index (χ3v) is 5.81. The van der Waals surface area contributed by atoms with Gasteiger partial charge in [0.25, 0.3) is 11.8 Å². The van der Waals surface area contributed by atoms with Crippen LogP contribution in [0.3, 0.4) is 0 Å². The molecule has 1 aliphatic heterocycles. The third-order valence-electron chi connectivity index (χ3n) is 5.49. The van der Waals surface area contributed by atoms with Gasteiger partial charge in [0.1, 0.15) is 17.2 Å². The number of nitrogens with one attached hydrogen (secondary N) is 1. The van der Waals surface area contributed by atoms with Gasteiger partial charge in [0.05, 0.1) is 36.2 Å². The normalized spacial score (nSPS) is 13.5. The topological polar surface area (TPSA) is 67.9 Å². The largest absolute Gasteiger partial charge is 0.497 e. The van der Waals surface area contributed by atoms with Gasteiger partial charge in [0.2, 0.25) is 0 Å². The molecule has 0 bridgehead atoms. The van der Waals surface area contributed by atoms with E-state index >= 15 is 0 Å². The van der Waals surface area contributed by atoms with Crippen molar-refractivity contribution >= 4 is 40.4 Å². The number of amides is 2. The van der Waals surface area contributed by atoms with E-state index in [0.29, 0.717) is 33.5 Å². The first-order valence-electron chi connectivity index (χ1n) is 10.3. The minimum Gasteiger partial charge on any atom is -0.497 e. The Labute approximate surface area is 197 Å². The Morgan fingerprint density at radius 1 is 0.879 bits per heavy atom. The number of ether oxygens (including phenoxy) is 2. The maximum absolute atomic E-state index is 13.7. The fourth-order valence-electron chi connectivity index (χ4n) is 3.89. The second-order valence-electron chi connectivity index (χ2n) is 7.66. The van der Waals surface area contributed by atoms with Crippen LogP contribution in [0.4, 0.5) is 11.4 Å². The second-order valence-corrected chi connectivity index (χ2v) is 8.06. The zero-order valence-corrected chi connectivity index (χ0v) is 19.5. The number of hydrogen-bond donors (Lipinski definition) is 1. The lowest BCUT2D eigenvalue weighted by molar-refractivity contribution is -0.120. The van der Waals surface area contributed by atoms with Crippen molar-refractivity contribution in [1.82, 2.24) is 0 Å². The predicted octanol–water partition coefficient (Wildman–Crippen LogP) is 5.37. The zero-order chi connectivity index (χ0) is 23.7. The highest BCUT2D eigenvalue weighted by Crippen LogP contribution is 2.39. The van der Waals surface area contributed by atoms with Crippen molar-refractivity contribution in [2.24, 2.45) is 0 Å². The predicted molar refractivity (Wildman–Crippen MR) is 130 cm³/mol. The lowest BCUT2D eigenvalue weighted by Gasteiger charge is -2.17. The van der Waals surface area contributed by atoms with Crippen molar-refractivity contribution in [2.45, 2.75) is 13.8 Å². The van der Waals surface area contributed by atoms with Crippen LogP contribution in [0.2, 0.25) is 5.02 Å². The van der Waals surface area contributed by atoms with Crippen LogP contribution in [0.15, 0.2) is 66.4 Å². The highest BCUT2D eigenvalue weighted by Gasteiger charge is 2.41. The quantitative estimate of drug-likeness (QED) is 0.499. The molecule has 0 unspecified atom stereocenters. The minimum atomic E-state index is -0.507. The smallest absolute Gasteiger partial charge is 0.282 e. The standard InChI is InChI=1S/C26H23ClN2O4/c1-15-9-11-18(16(2)13-15)23-24(28-20-14-17(32-3)10-12-22(20)33-4)26(31)29(25(23)30)21-8-6-5-7-19(21)27/h5-14,28H,1-4H3. The average molecular weight is 463 g/mol. The van der Waals surface area contributed by atoms with Gasteiger partial charge in [-0.25, -0.2) is 4.90 Å². The van der Waals surface area contributed by atoms with E-state index in [4.69, 9.17) is 21.1 Å². The molecule has 168 valence electrons. The lowest BCUT2D eigenvalue weighted by Crippen LogP contribution is -2.32. The zero-order valence-electron chi connectivity index (χ0n) is 18.7. The number of hydrogen-bond acceptors (Lipinski definition) is 5. The molecule has 3 aromatic rings. The molecular formula is C26H23ClN2O4. The molecule has 33 heavy (non-hydrogen) atoms. The molecule has 3 aromatic carbocycles. The van der Waals surface area contributed by atoms with Crippen LogP contribution in [0.1, 0.15) is 16.7 Å². The molecule has 0 atom stereocenters. The molecule has 6 nitrogen and oxygen atoms in total. The molecule has 1 aliphatic rings. The molecule has 7 heteroatoms. The van der Waals surface area contributed by atoms with E-state index < -0.39 is 11.8 Å². The van der Waals surface area contributed by atoms with Crippen molar-refractivity contribution in [3.63, 3.8) is 0 Å². The number of carbonyl (C=O) groups is 2. The van der Waals surface area contributed by atoms with Crippen molar-refractivity contribution in [1.29, 1.82) is 0 Å². The van der Waals surface area contributed by atoms with Crippen molar-refractivity contribution in [3.8, 4) is 11.5 Å². The maximum Gasteiger partial charge on any atom is 0.282 e. The van der Waals surface area contributed by atoms with Gasteiger partial charge in [-0.1, -0.05) is 47.5 Å². The van der Waals surface area contributed by atoms with Crippen LogP contribution in [0, 0.1) is 13.8 Å². The molecule has 0 aliphatic carbocycles. The Morgan fingerprint density at radius 3 is 2.30 bits per heavy atom. The van der Waals surface area contributed by atoms with Gasteiger partial charge < -0.3 is 14.8 Å². The SMILES string of the molecule is COc1ccc(OC)c(NC2=C(c3ccc(C)cc3C)C(=O)N(c3ccccc3Cl)C2=O)c1. The maximum atomic E-state index is 13.7. The summed E-state index contributed by atoms with van der Waals surface area (Å²) < 4.78 is 10.8. The second kappa shape index (κ2) is 9.00. The average Bonchev–Trinajstić information content (AvgIpc) is 3.03. The Hall–Kier alpha value is -3.77. The molecule has 0 saturated carbocycles. The number of imide groups is 1. The fourth-order valence-corrected chi connectivity index (χ4v) is 4.11. The van der Waals surface area contributed by atoms with E-state index in [1.54, 1.807) is 49.6 Å². The summed E-state index contributed by atoms with van der Waals surface area (Å²) in [7, 11) is 3.08. The summed E-state index contributed by atoms with van der Waals surface area (Å²) in [5.41, 5.74) is 3.82. The molecule has 0 radical (unpaired) electrons. The first kappa shape index (κ1) is 22.4. The number of nitrogens with zero attached hydrogens (tertiary/aromatic N) is 1. The molecule has 1 heterocycles. The lowest BCUT2D eigenvalue weighted by atomic mass is 9.97. The summed E-state index contributed by atoms with van der Waals surface area (Å²) in [6.07, 6.45) is 0. The number of aryl methyl sites for hydroxylation is 2. The molecule has 0 aromatic heterocycles. The number of para-hydroxylation sites is 1. The minimum absolute atomic E-state index is 0.137. The monoisotopic (exact) mass is 462 g/mol. The first-order valence-corrected chi connectivity index (χ1v) is 10.7. The van der Waals surface area contributed by atoms with E-state index in [1.165, 1.54) is 7.11 Å². The molecule has 4 rings (SSSR count). The summed E-state index contributed by atoms with van der Waals surface area (Å²) in [6, 6.07) is 17.7. The number of rotatable bonds is 6. The number of halogens is 1. The van der Waals surface area contributed by atoms with Crippen LogP contribution in [0.25, 0.3) is 5.57 Å². The van der Waals surface area contributed by atoms with E-state index in [2.05, 4.69) is 5.32 Å². The van der Waals surface area contributed by atoms with E-state index in [9.17, 15) is 9.59 Å². The summed E-state index contributed by atoms with van der Waals surface area (Å²) in [5.74, 6) is 0.115. The van der Waals surface area contributed by atoms with E-state index in [-0.39, 0.29) is 11.3 Å². The molecule has 1 N–H and O–H groups in total. The Morgan fingerprint density at radius 2 is 1.64 bits per heavy atom. The van der Waals surface area contributed by atoms with Gasteiger partial charge in [-0.3, -0.25) is 9.59 Å². The van der Waals surface area contributed by atoms with Gasteiger partial charge >= 0.3 is 0 Å². The van der Waals surface area contributed by atoms with Gasteiger partial charge in [0.15, 0.2) is 0 Å². The van der Waals surface area contributed by atoms with E-state index in [0.717, 1.165) is 16.0 Å². The van der Waals surface area contributed by atoms with Gasteiger partial charge in [-0.05, 0) is 49.2 Å². The van der Waals surface area contributed by atoms with Gasteiger partial charge in [0, 0.05) is 6.07 Å². The van der Waals surface area contributed by atoms with Crippen LogP contribution in [0.5, 0.6) is 11.5 Å². The Kier molecular flexibility index (Phi) is 6.11. The highest BCUT2D eigenvalue weighted by atomic mass is 35.5. The molecule has 2 amide bonds. The fraction of sp³-hybridized carbons (Fsp3) is 0.154. The van der Waals surface area contributed by atoms with Crippen LogP contribution in [-0.2, 0) is 9.59 Å². The Bertz CT molecular complexity index is 1300. The number of carbonyl (C=O) groups excluding carboxylic acids is 2. The van der Waals surface area contributed by atoms with Crippen LogP contribution < -0.4 is 19.7 Å². The molecule has 0 spiro atoms. The van der Waals surface area contributed by atoms with Crippen molar-refractivity contribution in [2.75, 3.05) is 24.4 Å². The van der Waals surface area contributed by atoms with Crippen LogP contribution >= 0.6 is 11.6 Å².